The molecule has 0 N–H and O–H groups in total. The molecule has 0 radical (unpaired) electrons. The summed E-state index contributed by atoms with van der Waals surface area (Å²) in [6, 6.07) is 8.07. The highest BCUT2D eigenvalue weighted by atomic mass is 19.4. The molecule has 4 unspecified atom stereocenters. The first-order valence-electron chi connectivity index (χ1n) is 12.8. The average molecular weight is 465 g/mol. The zero-order valence-corrected chi connectivity index (χ0v) is 19.6. The van der Waals surface area contributed by atoms with Gasteiger partial charge >= 0.3 is 6.36 Å². The van der Waals surface area contributed by atoms with Crippen molar-refractivity contribution in [1.29, 1.82) is 0 Å². The molecule has 2 fully saturated rings. The highest BCUT2D eigenvalue weighted by Crippen LogP contribution is 2.48. The van der Waals surface area contributed by atoms with Crippen LogP contribution in [0, 0.1) is 23.6 Å². The Labute approximate surface area is 194 Å². The molecule has 0 saturated heterocycles. The van der Waals surface area contributed by atoms with Gasteiger partial charge in [-0.05, 0) is 84.2 Å². The second-order valence-electron chi connectivity index (χ2n) is 10.3. The van der Waals surface area contributed by atoms with Gasteiger partial charge in [0.25, 0.3) is 0 Å². The number of hydrogen-bond donors (Lipinski definition) is 0. The van der Waals surface area contributed by atoms with Gasteiger partial charge in [-0.3, -0.25) is 0 Å². The highest BCUT2D eigenvalue weighted by Gasteiger charge is 2.36. The summed E-state index contributed by atoms with van der Waals surface area (Å²) >= 11 is 0. The number of unbranched alkanes of at least 4 members (excludes halogenated alkanes) is 4. The van der Waals surface area contributed by atoms with Crippen molar-refractivity contribution >= 4 is 10.8 Å². The molecular formula is C28H36F4O. The summed E-state index contributed by atoms with van der Waals surface area (Å²) in [4.78, 5) is 0. The number of ether oxygens (including phenoxy) is 1. The molecule has 0 heterocycles. The molecule has 2 aromatic rings. The Hall–Kier alpha value is -1.78. The fourth-order valence-corrected chi connectivity index (χ4v) is 6.31. The zero-order valence-electron chi connectivity index (χ0n) is 19.6. The molecule has 0 amide bonds. The Bertz CT molecular complexity index is 922. The van der Waals surface area contributed by atoms with E-state index in [0.29, 0.717) is 16.7 Å². The predicted molar refractivity (Wildman–Crippen MR) is 125 cm³/mol. The SMILES string of the molecule is CCCCCCCC1CCC2CC(c3ccc4cc(OC(F)(F)F)c(F)cc4c3)CCC2C1. The molecule has 2 aliphatic rings. The van der Waals surface area contributed by atoms with E-state index in [9.17, 15) is 17.6 Å². The molecule has 4 rings (SSSR count). The summed E-state index contributed by atoms with van der Waals surface area (Å²) in [5, 5.41) is 1.20. The summed E-state index contributed by atoms with van der Waals surface area (Å²) in [6.07, 6.45) is 10.9. The third-order valence-corrected chi connectivity index (χ3v) is 8.05. The number of halogens is 4. The number of fused-ring (bicyclic) bond motifs is 2. The van der Waals surface area contributed by atoms with Gasteiger partial charge in [0.15, 0.2) is 11.6 Å². The second kappa shape index (κ2) is 10.7. The minimum Gasteiger partial charge on any atom is -0.403 e. The van der Waals surface area contributed by atoms with Crippen molar-refractivity contribution in [2.24, 2.45) is 17.8 Å². The van der Waals surface area contributed by atoms with Crippen LogP contribution in [0.1, 0.15) is 95.5 Å². The van der Waals surface area contributed by atoms with E-state index < -0.39 is 17.9 Å². The van der Waals surface area contributed by atoms with Crippen LogP contribution in [-0.2, 0) is 0 Å². The zero-order chi connectivity index (χ0) is 23.4. The van der Waals surface area contributed by atoms with Crippen LogP contribution >= 0.6 is 0 Å². The lowest BCUT2D eigenvalue weighted by molar-refractivity contribution is -0.275. The predicted octanol–water partition coefficient (Wildman–Crippen LogP) is 9.54. The molecule has 0 bridgehead atoms. The summed E-state index contributed by atoms with van der Waals surface area (Å²) < 4.78 is 55.5. The minimum atomic E-state index is -4.90. The molecule has 0 aromatic heterocycles. The third-order valence-electron chi connectivity index (χ3n) is 8.05. The molecule has 33 heavy (non-hydrogen) atoms. The minimum absolute atomic E-state index is 0.454. The number of benzene rings is 2. The summed E-state index contributed by atoms with van der Waals surface area (Å²) in [6.45, 7) is 2.26. The lowest BCUT2D eigenvalue weighted by Gasteiger charge is -2.42. The maximum absolute atomic E-state index is 14.2. The Morgan fingerprint density at radius 1 is 0.848 bits per heavy atom. The van der Waals surface area contributed by atoms with E-state index >= 15 is 0 Å². The molecule has 2 aliphatic carbocycles. The van der Waals surface area contributed by atoms with Crippen molar-refractivity contribution in [2.45, 2.75) is 96.3 Å². The summed E-state index contributed by atoms with van der Waals surface area (Å²) in [5.41, 5.74) is 1.18. The number of alkyl halides is 3. The van der Waals surface area contributed by atoms with Crippen LogP contribution in [0.3, 0.4) is 0 Å². The van der Waals surface area contributed by atoms with E-state index in [1.54, 1.807) is 6.07 Å². The van der Waals surface area contributed by atoms with Crippen LogP contribution < -0.4 is 4.74 Å². The number of rotatable bonds is 8. The molecule has 2 aromatic carbocycles. The van der Waals surface area contributed by atoms with Crippen LogP contribution in [0.4, 0.5) is 17.6 Å². The molecule has 4 atom stereocenters. The van der Waals surface area contributed by atoms with Gasteiger partial charge in [0.1, 0.15) is 0 Å². The van der Waals surface area contributed by atoms with E-state index in [-0.39, 0.29) is 0 Å². The van der Waals surface area contributed by atoms with Crippen molar-refractivity contribution in [1.82, 2.24) is 0 Å². The topological polar surface area (TPSA) is 9.23 Å². The Morgan fingerprint density at radius 3 is 2.39 bits per heavy atom. The van der Waals surface area contributed by atoms with Gasteiger partial charge in [-0.25, -0.2) is 4.39 Å². The van der Waals surface area contributed by atoms with Crippen LogP contribution in [0.15, 0.2) is 30.3 Å². The van der Waals surface area contributed by atoms with Gasteiger partial charge in [-0.2, -0.15) is 0 Å². The Balaban J connectivity index is 1.35. The largest absolute Gasteiger partial charge is 0.573 e. The van der Waals surface area contributed by atoms with Crippen molar-refractivity contribution in [2.75, 3.05) is 0 Å². The first kappa shape index (κ1) is 24.3. The summed E-state index contributed by atoms with van der Waals surface area (Å²) in [7, 11) is 0. The van der Waals surface area contributed by atoms with Crippen LogP contribution in [0.25, 0.3) is 10.8 Å². The maximum atomic E-state index is 14.2. The lowest BCUT2D eigenvalue weighted by atomic mass is 9.63. The van der Waals surface area contributed by atoms with E-state index in [0.717, 1.165) is 36.3 Å². The van der Waals surface area contributed by atoms with Gasteiger partial charge in [-0.1, -0.05) is 70.1 Å². The van der Waals surface area contributed by atoms with E-state index in [1.165, 1.54) is 76.2 Å². The molecule has 2 saturated carbocycles. The van der Waals surface area contributed by atoms with Gasteiger partial charge in [0.2, 0.25) is 0 Å². The van der Waals surface area contributed by atoms with Gasteiger partial charge < -0.3 is 4.74 Å². The average Bonchev–Trinajstić information content (AvgIpc) is 2.78. The normalized spacial score (nSPS) is 25.7. The smallest absolute Gasteiger partial charge is 0.403 e. The molecule has 0 spiro atoms. The third kappa shape index (κ3) is 6.42. The van der Waals surface area contributed by atoms with E-state index in [2.05, 4.69) is 11.7 Å². The van der Waals surface area contributed by atoms with Crippen molar-refractivity contribution in [3.8, 4) is 5.75 Å². The molecule has 0 aliphatic heterocycles. The molecular weight excluding hydrogens is 428 g/mol. The van der Waals surface area contributed by atoms with Gasteiger partial charge in [0, 0.05) is 0 Å². The first-order valence-corrected chi connectivity index (χ1v) is 12.8. The van der Waals surface area contributed by atoms with Gasteiger partial charge in [0.05, 0.1) is 0 Å². The highest BCUT2D eigenvalue weighted by molar-refractivity contribution is 5.85. The first-order chi connectivity index (χ1) is 15.8. The van der Waals surface area contributed by atoms with E-state index in [1.807, 2.05) is 12.1 Å². The van der Waals surface area contributed by atoms with E-state index in [4.69, 9.17) is 0 Å². The standard InChI is InChI=1S/C28H36F4O/c1-2-3-4-5-6-7-19-8-9-21-15-22(11-10-20(21)14-19)23-12-13-24-18-27(33-28(30,31)32)26(29)17-25(24)16-23/h12-13,16-22H,2-11,14-15H2,1H3. The monoisotopic (exact) mass is 464 g/mol. The van der Waals surface area contributed by atoms with Crippen molar-refractivity contribution < 1.29 is 22.3 Å². The Morgan fingerprint density at radius 2 is 1.61 bits per heavy atom. The second-order valence-corrected chi connectivity index (χ2v) is 10.3. The Kier molecular flexibility index (Phi) is 7.86. The summed E-state index contributed by atoms with van der Waals surface area (Å²) in [5.74, 6) is 1.22. The molecule has 5 heteroatoms. The van der Waals surface area contributed by atoms with Crippen LogP contribution in [0.5, 0.6) is 5.75 Å². The van der Waals surface area contributed by atoms with Crippen molar-refractivity contribution in [3.63, 3.8) is 0 Å². The maximum Gasteiger partial charge on any atom is 0.573 e. The fraction of sp³-hybridized carbons (Fsp3) is 0.643. The van der Waals surface area contributed by atoms with Gasteiger partial charge in [-0.15, -0.1) is 13.2 Å². The number of hydrogen-bond acceptors (Lipinski definition) is 1. The lowest BCUT2D eigenvalue weighted by Crippen LogP contribution is -2.30. The molecule has 1 nitrogen and oxygen atoms in total. The van der Waals surface area contributed by atoms with Crippen molar-refractivity contribution in [3.05, 3.63) is 41.7 Å². The van der Waals surface area contributed by atoms with Crippen LogP contribution in [-0.4, -0.2) is 6.36 Å². The fourth-order valence-electron chi connectivity index (χ4n) is 6.31. The van der Waals surface area contributed by atoms with Crippen LogP contribution in [0.2, 0.25) is 0 Å². The molecule has 182 valence electrons. The quantitative estimate of drug-likeness (QED) is 0.279.